The summed E-state index contributed by atoms with van der Waals surface area (Å²) in [6.07, 6.45) is 0. The van der Waals surface area contributed by atoms with Gasteiger partial charge >= 0.3 is 5.97 Å². The molecule has 0 N–H and O–H groups in total. The molecular weight excluding hydrogens is 440 g/mol. The normalized spacial score (nSPS) is 11.4. The first-order valence-corrected chi connectivity index (χ1v) is 11.2. The van der Waals surface area contributed by atoms with Gasteiger partial charge in [0, 0.05) is 0 Å². The second-order valence-electron chi connectivity index (χ2n) is 7.53. The van der Waals surface area contributed by atoms with Gasteiger partial charge in [0.05, 0.1) is 29.5 Å². The third-order valence-corrected chi connectivity index (χ3v) is 6.42. The van der Waals surface area contributed by atoms with E-state index >= 15 is 0 Å². The maximum Gasteiger partial charge on any atom is 0.341 e. The molecule has 0 aliphatic heterocycles. The fraction of sp³-hybridized carbons (Fsp3) is 0.167. The number of para-hydroxylation sites is 2. The van der Waals surface area contributed by atoms with E-state index in [0.29, 0.717) is 39.2 Å². The summed E-state index contributed by atoms with van der Waals surface area (Å²) in [7, 11) is 1.34. The van der Waals surface area contributed by atoms with Gasteiger partial charge < -0.3 is 9.15 Å². The zero-order valence-corrected chi connectivity index (χ0v) is 19.0. The van der Waals surface area contributed by atoms with Crippen LogP contribution in [0, 0.1) is 13.8 Å². The number of nitrogens with zero attached hydrogens (tertiary/aromatic N) is 4. The number of carbonyl (C=O) groups is 1. The summed E-state index contributed by atoms with van der Waals surface area (Å²) in [6, 6.07) is 16.8. The van der Waals surface area contributed by atoms with E-state index in [0.717, 1.165) is 16.8 Å². The monoisotopic (exact) mass is 460 g/mol. The lowest BCUT2D eigenvalue weighted by Crippen LogP contribution is -2.22. The van der Waals surface area contributed by atoms with Crippen molar-refractivity contribution in [3.05, 3.63) is 87.6 Å². The summed E-state index contributed by atoms with van der Waals surface area (Å²) < 4.78 is 14.0. The van der Waals surface area contributed by atoms with Crippen LogP contribution < -0.4 is 5.56 Å². The lowest BCUT2D eigenvalue weighted by atomic mass is 10.2. The highest BCUT2D eigenvalue weighted by Crippen LogP contribution is 2.28. The van der Waals surface area contributed by atoms with Gasteiger partial charge in [-0.25, -0.2) is 9.36 Å². The van der Waals surface area contributed by atoms with E-state index < -0.39 is 5.97 Å². The Morgan fingerprint density at radius 1 is 1.09 bits per heavy atom. The standard InChI is InChI=1S/C24H20N4O4S/c1-14-8-4-6-10-19(14)27-21(29)17-9-5-7-11-20(17)28-23(27)25-26-24(28)33-13-16-12-18(15(2)32-16)22(30)31-3/h4-12H,13H2,1-3H3. The number of benzene rings is 2. The summed E-state index contributed by atoms with van der Waals surface area (Å²) in [5, 5.41) is 9.93. The Kier molecular flexibility index (Phi) is 5.26. The molecule has 0 bridgehead atoms. The number of rotatable bonds is 5. The van der Waals surface area contributed by atoms with E-state index in [1.165, 1.54) is 18.9 Å². The van der Waals surface area contributed by atoms with Gasteiger partial charge in [0.2, 0.25) is 5.78 Å². The number of esters is 1. The average Bonchev–Trinajstić information content (AvgIpc) is 3.42. The number of thioether (sulfide) groups is 1. The summed E-state index contributed by atoms with van der Waals surface area (Å²) in [4.78, 5) is 25.3. The van der Waals surface area contributed by atoms with E-state index in [1.54, 1.807) is 23.6 Å². The second kappa shape index (κ2) is 8.25. The Morgan fingerprint density at radius 3 is 2.64 bits per heavy atom. The highest BCUT2D eigenvalue weighted by Gasteiger charge is 2.20. The number of hydrogen-bond acceptors (Lipinski definition) is 7. The van der Waals surface area contributed by atoms with Crippen LogP contribution in [0.3, 0.4) is 0 Å². The number of fused-ring (bicyclic) bond motifs is 3. The quantitative estimate of drug-likeness (QED) is 0.285. The summed E-state index contributed by atoms with van der Waals surface area (Å²) in [5.41, 5.74) is 2.68. The van der Waals surface area contributed by atoms with E-state index in [1.807, 2.05) is 53.8 Å². The molecule has 0 amide bonds. The highest BCUT2D eigenvalue weighted by molar-refractivity contribution is 7.98. The molecule has 0 aliphatic rings. The van der Waals surface area contributed by atoms with Crippen LogP contribution in [-0.2, 0) is 10.5 Å². The predicted molar refractivity (Wildman–Crippen MR) is 125 cm³/mol. The van der Waals surface area contributed by atoms with Crippen LogP contribution in [0.4, 0.5) is 0 Å². The minimum Gasteiger partial charge on any atom is -0.465 e. The van der Waals surface area contributed by atoms with E-state index in [-0.39, 0.29) is 5.56 Å². The van der Waals surface area contributed by atoms with Crippen LogP contribution in [-0.4, -0.2) is 32.2 Å². The predicted octanol–water partition coefficient (Wildman–Crippen LogP) is 4.32. The minimum absolute atomic E-state index is 0.152. The number of carbonyl (C=O) groups excluding carboxylic acids is 1. The fourth-order valence-corrected chi connectivity index (χ4v) is 4.69. The molecule has 0 radical (unpaired) electrons. The molecule has 0 spiro atoms. The second-order valence-corrected chi connectivity index (χ2v) is 8.47. The molecule has 8 nitrogen and oxygen atoms in total. The first-order chi connectivity index (χ1) is 16.0. The average molecular weight is 461 g/mol. The van der Waals surface area contributed by atoms with Gasteiger partial charge in [0.15, 0.2) is 5.16 Å². The molecule has 0 unspecified atom stereocenters. The molecule has 2 aromatic carbocycles. The van der Waals surface area contributed by atoms with Crippen LogP contribution >= 0.6 is 11.8 Å². The number of aromatic nitrogens is 4. The van der Waals surface area contributed by atoms with Gasteiger partial charge in [0.1, 0.15) is 17.1 Å². The van der Waals surface area contributed by atoms with Crippen molar-refractivity contribution in [2.45, 2.75) is 24.8 Å². The molecule has 9 heteroatoms. The van der Waals surface area contributed by atoms with Crippen molar-refractivity contribution < 1.29 is 13.9 Å². The number of furan rings is 1. The smallest absolute Gasteiger partial charge is 0.341 e. The van der Waals surface area contributed by atoms with Gasteiger partial charge in [-0.2, -0.15) is 0 Å². The highest BCUT2D eigenvalue weighted by atomic mass is 32.2. The number of aryl methyl sites for hydroxylation is 2. The van der Waals surface area contributed by atoms with Crippen molar-refractivity contribution in [3.63, 3.8) is 0 Å². The molecule has 5 rings (SSSR count). The fourth-order valence-electron chi connectivity index (χ4n) is 3.87. The molecule has 33 heavy (non-hydrogen) atoms. The van der Waals surface area contributed by atoms with Crippen LogP contribution in [0.5, 0.6) is 0 Å². The van der Waals surface area contributed by atoms with Gasteiger partial charge in [-0.3, -0.25) is 9.20 Å². The molecule has 166 valence electrons. The maximum atomic E-state index is 13.4. The van der Waals surface area contributed by atoms with E-state index in [4.69, 9.17) is 9.15 Å². The van der Waals surface area contributed by atoms with E-state index in [9.17, 15) is 9.59 Å². The van der Waals surface area contributed by atoms with Crippen molar-refractivity contribution in [1.29, 1.82) is 0 Å². The van der Waals surface area contributed by atoms with Crippen LogP contribution in [0.15, 0.2) is 69.0 Å². The summed E-state index contributed by atoms with van der Waals surface area (Å²) >= 11 is 1.41. The van der Waals surface area contributed by atoms with Gasteiger partial charge in [0.25, 0.3) is 5.56 Å². The number of ether oxygens (including phenoxy) is 1. The Balaban J connectivity index is 1.64. The molecule has 0 fully saturated rings. The zero-order chi connectivity index (χ0) is 23.1. The van der Waals surface area contributed by atoms with Crippen molar-refractivity contribution in [1.82, 2.24) is 19.2 Å². The van der Waals surface area contributed by atoms with Gasteiger partial charge in [-0.1, -0.05) is 42.1 Å². The maximum absolute atomic E-state index is 13.4. The van der Waals surface area contributed by atoms with Crippen molar-refractivity contribution in [2.75, 3.05) is 7.11 Å². The van der Waals surface area contributed by atoms with Crippen LogP contribution in [0.25, 0.3) is 22.4 Å². The van der Waals surface area contributed by atoms with Crippen molar-refractivity contribution >= 4 is 34.4 Å². The van der Waals surface area contributed by atoms with E-state index in [2.05, 4.69) is 10.2 Å². The van der Waals surface area contributed by atoms with Crippen LogP contribution in [0.1, 0.15) is 27.4 Å². The third-order valence-electron chi connectivity index (χ3n) is 5.47. The zero-order valence-electron chi connectivity index (χ0n) is 18.2. The SMILES string of the molecule is COC(=O)c1cc(CSc2nnc3n(-c4ccccc4C)c(=O)c4ccccc4n23)oc1C. The van der Waals surface area contributed by atoms with Crippen molar-refractivity contribution in [2.24, 2.45) is 0 Å². The molecule has 0 atom stereocenters. The molecule has 0 saturated carbocycles. The lowest BCUT2D eigenvalue weighted by molar-refractivity contribution is 0.0599. The Bertz CT molecular complexity index is 1580. The molecule has 3 heterocycles. The Labute approximate surface area is 192 Å². The molecule has 5 aromatic rings. The molecule has 3 aromatic heterocycles. The first-order valence-electron chi connectivity index (χ1n) is 10.2. The summed E-state index contributed by atoms with van der Waals surface area (Å²) in [6.45, 7) is 3.68. The van der Waals surface area contributed by atoms with Gasteiger partial charge in [-0.15, -0.1) is 10.2 Å². The number of methoxy groups -OCH3 is 1. The largest absolute Gasteiger partial charge is 0.465 e. The van der Waals surface area contributed by atoms with Crippen molar-refractivity contribution in [3.8, 4) is 5.69 Å². The minimum atomic E-state index is -0.436. The van der Waals surface area contributed by atoms with Gasteiger partial charge in [-0.05, 0) is 43.7 Å². The third kappa shape index (κ3) is 3.50. The Hall–Kier alpha value is -3.85. The lowest BCUT2D eigenvalue weighted by Gasteiger charge is -2.13. The number of hydrogen-bond donors (Lipinski definition) is 0. The molecule has 0 saturated heterocycles. The molecule has 0 aliphatic carbocycles. The Morgan fingerprint density at radius 2 is 1.85 bits per heavy atom. The summed E-state index contributed by atoms with van der Waals surface area (Å²) in [5.74, 6) is 1.54. The topological polar surface area (TPSA) is 91.6 Å². The first kappa shape index (κ1) is 21.0. The molecular formula is C24H20N4O4S. The van der Waals surface area contributed by atoms with Crippen LogP contribution in [0.2, 0.25) is 0 Å².